The predicted octanol–water partition coefficient (Wildman–Crippen LogP) is 4.14. The summed E-state index contributed by atoms with van der Waals surface area (Å²) in [5.74, 6) is 0.355. The highest BCUT2D eigenvalue weighted by Gasteiger charge is 2.15. The van der Waals surface area contributed by atoms with E-state index < -0.39 is 6.10 Å². The number of amides is 2. The lowest BCUT2D eigenvalue weighted by Crippen LogP contribution is -2.30. The Kier molecular flexibility index (Phi) is 6.57. The number of rotatable bonds is 7. The zero-order valence-electron chi connectivity index (χ0n) is 14.8. The molecule has 0 fully saturated rings. The summed E-state index contributed by atoms with van der Waals surface area (Å²) in [6.07, 6.45) is 0.620. The van der Waals surface area contributed by atoms with Gasteiger partial charge in [0, 0.05) is 17.8 Å². The average molecular weight is 340 g/mol. The maximum absolute atomic E-state index is 12.3. The van der Waals surface area contributed by atoms with Crippen molar-refractivity contribution in [3.63, 3.8) is 0 Å². The quantitative estimate of drug-likeness (QED) is 0.796. The Bertz CT molecular complexity index is 726. The third-order valence-electron chi connectivity index (χ3n) is 3.59. The van der Waals surface area contributed by atoms with E-state index in [0.717, 1.165) is 12.0 Å². The minimum atomic E-state index is -0.638. The van der Waals surface area contributed by atoms with Gasteiger partial charge in [-0.3, -0.25) is 9.59 Å². The summed E-state index contributed by atoms with van der Waals surface area (Å²) in [7, 11) is 0. The third-order valence-corrected chi connectivity index (χ3v) is 3.59. The monoisotopic (exact) mass is 340 g/mol. The number of anilines is 2. The molecule has 0 radical (unpaired) electrons. The van der Waals surface area contributed by atoms with Gasteiger partial charge in [0.25, 0.3) is 5.91 Å². The molecule has 1 unspecified atom stereocenters. The summed E-state index contributed by atoms with van der Waals surface area (Å²) in [6, 6.07) is 14.6. The number of aryl methyl sites for hydroxylation is 1. The van der Waals surface area contributed by atoms with Gasteiger partial charge in [0.1, 0.15) is 5.75 Å². The lowest BCUT2D eigenvalue weighted by Gasteiger charge is -2.15. The van der Waals surface area contributed by atoms with Crippen LogP contribution < -0.4 is 15.4 Å². The van der Waals surface area contributed by atoms with Crippen LogP contribution in [0.1, 0.15) is 32.3 Å². The van der Waals surface area contributed by atoms with Gasteiger partial charge in [-0.05, 0) is 50.6 Å². The SMILES string of the molecule is CCCC(=O)Nc1cccc(NC(=O)C(C)Oc2ccc(C)cc2)c1. The zero-order chi connectivity index (χ0) is 18.2. The Morgan fingerprint density at radius 2 is 1.68 bits per heavy atom. The molecule has 1 atom stereocenters. The van der Waals surface area contributed by atoms with Crippen LogP contribution in [0.25, 0.3) is 0 Å². The standard InChI is InChI=1S/C20H24N2O3/c1-4-6-19(23)21-16-7-5-8-17(13-16)22-20(24)15(3)25-18-11-9-14(2)10-12-18/h5,7-13,15H,4,6H2,1-3H3,(H,21,23)(H,22,24). The predicted molar refractivity (Wildman–Crippen MR) is 99.9 cm³/mol. The van der Waals surface area contributed by atoms with E-state index in [1.165, 1.54) is 0 Å². The number of hydrogen-bond donors (Lipinski definition) is 2. The van der Waals surface area contributed by atoms with Crippen molar-refractivity contribution in [2.75, 3.05) is 10.6 Å². The smallest absolute Gasteiger partial charge is 0.265 e. The molecule has 2 aromatic rings. The van der Waals surface area contributed by atoms with Crippen molar-refractivity contribution in [2.24, 2.45) is 0 Å². The summed E-state index contributed by atoms with van der Waals surface area (Å²) in [5.41, 5.74) is 2.40. The van der Waals surface area contributed by atoms with Gasteiger partial charge in [0.2, 0.25) is 5.91 Å². The maximum Gasteiger partial charge on any atom is 0.265 e. The second-order valence-corrected chi connectivity index (χ2v) is 5.94. The average Bonchev–Trinajstić information content (AvgIpc) is 2.57. The highest BCUT2D eigenvalue weighted by atomic mass is 16.5. The van der Waals surface area contributed by atoms with Crippen molar-refractivity contribution in [2.45, 2.75) is 39.7 Å². The normalized spacial score (nSPS) is 11.5. The molecule has 2 amide bonds. The van der Waals surface area contributed by atoms with Crippen molar-refractivity contribution in [1.29, 1.82) is 0 Å². The lowest BCUT2D eigenvalue weighted by atomic mass is 10.2. The summed E-state index contributed by atoms with van der Waals surface area (Å²) in [6.45, 7) is 5.64. The first kappa shape index (κ1) is 18.5. The molecule has 0 aliphatic rings. The van der Waals surface area contributed by atoms with E-state index >= 15 is 0 Å². The Morgan fingerprint density at radius 1 is 1.04 bits per heavy atom. The fraction of sp³-hybridized carbons (Fsp3) is 0.300. The lowest BCUT2D eigenvalue weighted by molar-refractivity contribution is -0.122. The van der Waals surface area contributed by atoms with Crippen LogP contribution in [0.15, 0.2) is 48.5 Å². The van der Waals surface area contributed by atoms with Crippen LogP contribution in [-0.2, 0) is 9.59 Å². The number of ether oxygens (including phenoxy) is 1. The molecule has 0 aliphatic heterocycles. The van der Waals surface area contributed by atoms with E-state index in [1.807, 2.05) is 38.1 Å². The van der Waals surface area contributed by atoms with Crippen LogP contribution in [0, 0.1) is 6.92 Å². The molecular formula is C20H24N2O3. The largest absolute Gasteiger partial charge is 0.481 e. The highest BCUT2D eigenvalue weighted by molar-refractivity contribution is 5.96. The van der Waals surface area contributed by atoms with E-state index in [-0.39, 0.29) is 11.8 Å². The first-order valence-electron chi connectivity index (χ1n) is 8.42. The molecule has 2 N–H and O–H groups in total. The van der Waals surface area contributed by atoms with Gasteiger partial charge in [0.15, 0.2) is 6.10 Å². The highest BCUT2D eigenvalue weighted by Crippen LogP contribution is 2.17. The number of carbonyl (C=O) groups is 2. The van der Waals surface area contributed by atoms with Gasteiger partial charge >= 0.3 is 0 Å². The summed E-state index contributed by atoms with van der Waals surface area (Å²) in [4.78, 5) is 24.0. The van der Waals surface area contributed by atoms with Gasteiger partial charge in [-0.2, -0.15) is 0 Å². The number of hydrogen-bond acceptors (Lipinski definition) is 3. The van der Waals surface area contributed by atoms with Crippen LogP contribution in [0.2, 0.25) is 0 Å². The summed E-state index contributed by atoms with van der Waals surface area (Å²) < 4.78 is 5.65. The number of carbonyl (C=O) groups excluding carboxylic acids is 2. The molecule has 0 bridgehead atoms. The molecule has 0 saturated heterocycles. The van der Waals surface area contributed by atoms with Crippen molar-refractivity contribution in [3.8, 4) is 5.75 Å². The molecule has 132 valence electrons. The zero-order valence-corrected chi connectivity index (χ0v) is 14.8. The first-order chi connectivity index (χ1) is 12.0. The number of nitrogens with one attached hydrogen (secondary N) is 2. The maximum atomic E-state index is 12.3. The van der Waals surface area contributed by atoms with E-state index in [0.29, 0.717) is 23.5 Å². The summed E-state index contributed by atoms with van der Waals surface area (Å²) >= 11 is 0. The van der Waals surface area contributed by atoms with E-state index in [9.17, 15) is 9.59 Å². The Labute approximate surface area is 148 Å². The molecule has 5 heteroatoms. The van der Waals surface area contributed by atoms with Gasteiger partial charge in [0.05, 0.1) is 0 Å². The second kappa shape index (κ2) is 8.87. The summed E-state index contributed by atoms with van der Waals surface area (Å²) in [5, 5.41) is 5.61. The molecule has 0 saturated carbocycles. The first-order valence-corrected chi connectivity index (χ1v) is 8.42. The Hall–Kier alpha value is -2.82. The Balaban J connectivity index is 1.95. The van der Waals surface area contributed by atoms with Crippen molar-refractivity contribution < 1.29 is 14.3 Å². The fourth-order valence-corrected chi connectivity index (χ4v) is 2.24. The molecule has 0 aromatic heterocycles. The third kappa shape index (κ3) is 5.95. The van der Waals surface area contributed by atoms with Gasteiger partial charge in [-0.1, -0.05) is 30.7 Å². The molecule has 0 heterocycles. The van der Waals surface area contributed by atoms with Crippen LogP contribution in [0.4, 0.5) is 11.4 Å². The molecular weight excluding hydrogens is 316 g/mol. The van der Waals surface area contributed by atoms with E-state index in [2.05, 4.69) is 10.6 Å². The molecule has 2 rings (SSSR count). The van der Waals surface area contributed by atoms with Gasteiger partial charge in [-0.25, -0.2) is 0 Å². The molecule has 25 heavy (non-hydrogen) atoms. The number of benzene rings is 2. The topological polar surface area (TPSA) is 67.4 Å². The van der Waals surface area contributed by atoms with Crippen LogP contribution in [0.3, 0.4) is 0 Å². The minimum Gasteiger partial charge on any atom is -0.481 e. The van der Waals surface area contributed by atoms with Crippen LogP contribution in [-0.4, -0.2) is 17.9 Å². The molecule has 0 aliphatic carbocycles. The van der Waals surface area contributed by atoms with Gasteiger partial charge in [-0.15, -0.1) is 0 Å². The van der Waals surface area contributed by atoms with Crippen molar-refractivity contribution in [3.05, 3.63) is 54.1 Å². The molecule has 0 spiro atoms. The van der Waals surface area contributed by atoms with Crippen molar-refractivity contribution in [1.82, 2.24) is 0 Å². The van der Waals surface area contributed by atoms with E-state index in [4.69, 9.17) is 4.74 Å². The van der Waals surface area contributed by atoms with Crippen LogP contribution in [0.5, 0.6) is 5.75 Å². The van der Waals surface area contributed by atoms with Gasteiger partial charge < -0.3 is 15.4 Å². The van der Waals surface area contributed by atoms with Crippen LogP contribution >= 0.6 is 0 Å². The van der Waals surface area contributed by atoms with Crippen molar-refractivity contribution >= 4 is 23.2 Å². The molecule has 2 aromatic carbocycles. The van der Waals surface area contributed by atoms with E-state index in [1.54, 1.807) is 31.2 Å². The Morgan fingerprint density at radius 3 is 2.32 bits per heavy atom. The second-order valence-electron chi connectivity index (χ2n) is 5.94. The molecule has 5 nitrogen and oxygen atoms in total. The minimum absolute atomic E-state index is 0.0398. The fourth-order valence-electron chi connectivity index (χ4n) is 2.24.